The van der Waals surface area contributed by atoms with Crippen molar-refractivity contribution in [2.24, 2.45) is 0 Å². The molecule has 0 spiro atoms. The Labute approximate surface area is 125 Å². The summed E-state index contributed by atoms with van der Waals surface area (Å²) < 4.78 is 5.36. The molecule has 0 aliphatic heterocycles. The van der Waals surface area contributed by atoms with Gasteiger partial charge in [-0.05, 0) is 43.4 Å². The summed E-state index contributed by atoms with van der Waals surface area (Å²) in [6.45, 7) is 0. The minimum absolute atomic E-state index is 0.191. The van der Waals surface area contributed by atoms with E-state index in [0.29, 0.717) is 0 Å². The van der Waals surface area contributed by atoms with Crippen molar-refractivity contribution in [3.63, 3.8) is 0 Å². The molecule has 0 fully saturated rings. The number of aromatic nitrogens is 1. The van der Waals surface area contributed by atoms with Crippen LogP contribution in [0.25, 0.3) is 10.9 Å². The number of H-pyrrole nitrogens is 1. The van der Waals surface area contributed by atoms with Crippen LogP contribution in [-0.4, -0.2) is 31.1 Å². The predicted octanol–water partition coefficient (Wildman–Crippen LogP) is 3.83. The summed E-state index contributed by atoms with van der Waals surface area (Å²) in [4.78, 5) is 5.59. The number of nitrogens with zero attached hydrogens (tertiary/aromatic N) is 1. The van der Waals surface area contributed by atoms with Crippen molar-refractivity contribution in [3.05, 3.63) is 65.9 Å². The maximum atomic E-state index is 5.36. The highest BCUT2D eigenvalue weighted by atomic mass is 16.5. The predicted molar refractivity (Wildman–Crippen MR) is 86.8 cm³/mol. The summed E-state index contributed by atoms with van der Waals surface area (Å²) in [5.74, 6) is 0.888. The first-order valence-corrected chi connectivity index (χ1v) is 7.07. The molecular formula is C18H20N2O. The van der Waals surface area contributed by atoms with Crippen LogP contribution in [0, 0.1) is 0 Å². The molecule has 3 heteroatoms. The Bertz CT molecular complexity index is 746. The molecule has 1 heterocycles. The lowest BCUT2D eigenvalue weighted by atomic mass is 9.97. The van der Waals surface area contributed by atoms with Gasteiger partial charge in [0.25, 0.3) is 0 Å². The summed E-state index contributed by atoms with van der Waals surface area (Å²) in [5, 5.41) is 1.26. The zero-order valence-corrected chi connectivity index (χ0v) is 12.6. The van der Waals surface area contributed by atoms with E-state index < -0.39 is 0 Å². The largest absolute Gasteiger partial charge is 0.497 e. The van der Waals surface area contributed by atoms with Crippen molar-refractivity contribution in [3.8, 4) is 5.75 Å². The highest BCUT2D eigenvalue weighted by Gasteiger charge is 2.20. The summed E-state index contributed by atoms with van der Waals surface area (Å²) >= 11 is 0. The highest BCUT2D eigenvalue weighted by molar-refractivity contribution is 5.84. The third-order valence-electron chi connectivity index (χ3n) is 3.84. The van der Waals surface area contributed by atoms with Crippen LogP contribution >= 0.6 is 0 Å². The molecular weight excluding hydrogens is 260 g/mol. The Hall–Kier alpha value is -2.26. The molecule has 0 radical (unpaired) electrons. The van der Waals surface area contributed by atoms with Gasteiger partial charge in [-0.15, -0.1) is 0 Å². The van der Waals surface area contributed by atoms with Crippen LogP contribution in [0.1, 0.15) is 17.2 Å². The molecule has 0 aliphatic carbocycles. The van der Waals surface area contributed by atoms with Gasteiger partial charge >= 0.3 is 0 Å². The van der Waals surface area contributed by atoms with E-state index in [-0.39, 0.29) is 6.04 Å². The second kappa shape index (κ2) is 5.62. The van der Waals surface area contributed by atoms with Crippen LogP contribution in [0.4, 0.5) is 0 Å². The number of nitrogens with one attached hydrogen (secondary N) is 1. The maximum Gasteiger partial charge on any atom is 0.119 e. The summed E-state index contributed by atoms with van der Waals surface area (Å²) in [6.07, 6.45) is 2.11. The summed E-state index contributed by atoms with van der Waals surface area (Å²) in [5.41, 5.74) is 3.68. The molecule has 3 aromatic rings. The zero-order valence-electron chi connectivity index (χ0n) is 12.6. The molecule has 2 aromatic carbocycles. The Balaban J connectivity index is 2.13. The van der Waals surface area contributed by atoms with Gasteiger partial charge in [0.1, 0.15) is 5.75 Å². The van der Waals surface area contributed by atoms with E-state index in [1.54, 1.807) is 7.11 Å². The number of benzene rings is 2. The standard InChI is InChI=1S/C18H20N2O/c1-20(2)18(13-7-6-8-14(11-13)21-3)16-12-19-17-10-5-4-9-15(16)17/h4-12,18-19H,1-3H3. The second-order valence-electron chi connectivity index (χ2n) is 5.43. The number of rotatable bonds is 4. The topological polar surface area (TPSA) is 28.3 Å². The summed E-state index contributed by atoms with van der Waals surface area (Å²) in [6, 6.07) is 16.9. The van der Waals surface area contributed by atoms with Gasteiger partial charge in [0, 0.05) is 17.1 Å². The Morgan fingerprint density at radius 1 is 1.05 bits per heavy atom. The first-order chi connectivity index (χ1) is 10.2. The summed E-state index contributed by atoms with van der Waals surface area (Å²) in [7, 11) is 5.91. The van der Waals surface area contributed by atoms with Crippen LogP contribution in [0.15, 0.2) is 54.7 Å². The lowest BCUT2D eigenvalue weighted by molar-refractivity contribution is 0.342. The van der Waals surface area contributed by atoms with Gasteiger partial charge in [-0.2, -0.15) is 0 Å². The third-order valence-corrected chi connectivity index (χ3v) is 3.84. The molecule has 0 aliphatic rings. The number of para-hydroxylation sites is 1. The fraction of sp³-hybridized carbons (Fsp3) is 0.222. The fourth-order valence-corrected chi connectivity index (χ4v) is 2.89. The molecule has 1 atom stereocenters. The number of ether oxygens (including phenoxy) is 1. The first-order valence-electron chi connectivity index (χ1n) is 7.07. The van der Waals surface area contributed by atoms with Gasteiger partial charge < -0.3 is 9.72 Å². The lowest BCUT2D eigenvalue weighted by Crippen LogP contribution is -2.20. The van der Waals surface area contributed by atoms with E-state index in [2.05, 4.69) is 66.6 Å². The molecule has 1 N–H and O–H groups in total. The number of aromatic amines is 1. The molecule has 3 rings (SSSR count). The second-order valence-corrected chi connectivity index (χ2v) is 5.43. The van der Waals surface area contributed by atoms with Crippen LogP contribution in [0.5, 0.6) is 5.75 Å². The zero-order chi connectivity index (χ0) is 14.8. The number of hydrogen-bond acceptors (Lipinski definition) is 2. The van der Waals surface area contributed by atoms with E-state index in [9.17, 15) is 0 Å². The van der Waals surface area contributed by atoms with E-state index in [1.807, 2.05) is 12.1 Å². The van der Waals surface area contributed by atoms with Crippen molar-refractivity contribution in [1.29, 1.82) is 0 Å². The molecule has 21 heavy (non-hydrogen) atoms. The molecule has 1 unspecified atom stereocenters. The quantitative estimate of drug-likeness (QED) is 0.786. The fourth-order valence-electron chi connectivity index (χ4n) is 2.89. The van der Waals surface area contributed by atoms with E-state index >= 15 is 0 Å². The van der Waals surface area contributed by atoms with Gasteiger partial charge in [0.05, 0.1) is 13.2 Å². The SMILES string of the molecule is COc1cccc(C(c2c[nH]c3ccccc23)N(C)C)c1. The van der Waals surface area contributed by atoms with Crippen LogP contribution in [0.3, 0.4) is 0 Å². The van der Waals surface area contributed by atoms with Crippen LogP contribution < -0.4 is 4.74 Å². The molecule has 108 valence electrons. The van der Waals surface area contributed by atoms with Crippen molar-refractivity contribution in [1.82, 2.24) is 9.88 Å². The molecule has 0 amide bonds. The Kier molecular flexibility index (Phi) is 3.67. The van der Waals surface area contributed by atoms with E-state index in [0.717, 1.165) is 5.75 Å². The van der Waals surface area contributed by atoms with Crippen molar-refractivity contribution in [2.45, 2.75) is 6.04 Å². The van der Waals surface area contributed by atoms with E-state index in [4.69, 9.17) is 4.74 Å². The molecule has 0 bridgehead atoms. The van der Waals surface area contributed by atoms with Crippen LogP contribution in [0.2, 0.25) is 0 Å². The van der Waals surface area contributed by atoms with Gasteiger partial charge in [0.15, 0.2) is 0 Å². The monoisotopic (exact) mass is 280 g/mol. The van der Waals surface area contributed by atoms with Gasteiger partial charge in [-0.3, -0.25) is 4.90 Å². The smallest absolute Gasteiger partial charge is 0.119 e. The third kappa shape index (κ3) is 2.52. The minimum atomic E-state index is 0.191. The van der Waals surface area contributed by atoms with Gasteiger partial charge in [-0.1, -0.05) is 30.3 Å². The first kappa shape index (κ1) is 13.7. The van der Waals surface area contributed by atoms with Crippen LogP contribution in [-0.2, 0) is 0 Å². The minimum Gasteiger partial charge on any atom is -0.497 e. The maximum absolute atomic E-state index is 5.36. The molecule has 3 nitrogen and oxygen atoms in total. The van der Waals surface area contributed by atoms with Crippen molar-refractivity contribution in [2.75, 3.05) is 21.2 Å². The van der Waals surface area contributed by atoms with E-state index in [1.165, 1.54) is 22.0 Å². The van der Waals surface area contributed by atoms with Gasteiger partial charge in [-0.25, -0.2) is 0 Å². The Morgan fingerprint density at radius 2 is 1.86 bits per heavy atom. The number of hydrogen-bond donors (Lipinski definition) is 1. The highest BCUT2D eigenvalue weighted by Crippen LogP contribution is 2.33. The number of fused-ring (bicyclic) bond motifs is 1. The number of methoxy groups -OCH3 is 1. The van der Waals surface area contributed by atoms with Crippen molar-refractivity contribution >= 4 is 10.9 Å². The van der Waals surface area contributed by atoms with Crippen molar-refractivity contribution < 1.29 is 4.74 Å². The molecule has 1 aromatic heterocycles. The molecule has 0 saturated heterocycles. The lowest BCUT2D eigenvalue weighted by Gasteiger charge is -2.25. The van der Waals surface area contributed by atoms with Gasteiger partial charge in [0.2, 0.25) is 0 Å². The molecule has 0 saturated carbocycles. The average Bonchev–Trinajstić information content (AvgIpc) is 2.91. The normalized spacial score (nSPS) is 12.8. The average molecular weight is 280 g/mol. The Morgan fingerprint density at radius 3 is 2.62 bits per heavy atom.